The molecule has 0 radical (unpaired) electrons. The largest absolute Gasteiger partial charge is 0.455 e. The fourth-order valence-electron chi connectivity index (χ4n) is 11.3. The van der Waals surface area contributed by atoms with Gasteiger partial charge in [-0.25, -0.2) is 9.97 Å². The molecule has 7 nitrogen and oxygen atoms in total. The van der Waals surface area contributed by atoms with Crippen molar-refractivity contribution in [2.45, 2.75) is 0 Å². The molecule has 15 rings (SSSR count). The maximum Gasteiger partial charge on any atom is 0.161 e. The average molecular weight is 920 g/mol. The van der Waals surface area contributed by atoms with Crippen LogP contribution in [0.15, 0.2) is 233 Å². The predicted octanol–water partition coefficient (Wildman–Crippen LogP) is 17.0. The quantitative estimate of drug-likeness (QED) is 0.166. The highest BCUT2D eigenvalue weighted by molar-refractivity contribution is 6.25. The minimum atomic E-state index is 0.500. The van der Waals surface area contributed by atoms with E-state index in [9.17, 15) is 5.26 Å². The molecule has 0 saturated carbocycles. The summed E-state index contributed by atoms with van der Waals surface area (Å²) in [5, 5.41) is 19.9. The van der Waals surface area contributed by atoms with Crippen LogP contribution in [0.4, 0.5) is 0 Å². The number of aromatic nitrogens is 4. The van der Waals surface area contributed by atoms with Crippen molar-refractivity contribution in [2.24, 2.45) is 0 Å². The molecule has 0 fully saturated rings. The number of nitriles is 1. The molecule has 5 aromatic heterocycles. The number of nitrogens with zero attached hydrogens (tertiary/aromatic N) is 5. The lowest BCUT2D eigenvalue weighted by Gasteiger charge is -2.22. The number of furan rings is 2. The van der Waals surface area contributed by atoms with E-state index in [-0.39, 0.29) is 0 Å². The van der Waals surface area contributed by atoms with Crippen molar-refractivity contribution < 1.29 is 8.83 Å². The van der Waals surface area contributed by atoms with Gasteiger partial charge in [0.05, 0.1) is 67.2 Å². The van der Waals surface area contributed by atoms with Crippen LogP contribution in [0.3, 0.4) is 0 Å². The smallest absolute Gasteiger partial charge is 0.161 e. The summed E-state index contributed by atoms with van der Waals surface area (Å²) in [6, 6.07) is 79.8. The van der Waals surface area contributed by atoms with Gasteiger partial charge in [-0.05, 0) is 72.8 Å². The van der Waals surface area contributed by atoms with Gasteiger partial charge in [0.1, 0.15) is 22.3 Å². The summed E-state index contributed by atoms with van der Waals surface area (Å²) in [6.07, 6.45) is 0. The molecule has 0 unspecified atom stereocenters. The molecule has 334 valence electrons. The van der Waals surface area contributed by atoms with E-state index < -0.39 is 0 Å². The summed E-state index contributed by atoms with van der Waals surface area (Å²) >= 11 is 0. The molecular formula is C65H37N5O2. The van der Waals surface area contributed by atoms with Crippen LogP contribution in [-0.2, 0) is 0 Å². The van der Waals surface area contributed by atoms with E-state index in [0.29, 0.717) is 11.4 Å². The van der Waals surface area contributed by atoms with E-state index in [4.69, 9.17) is 18.8 Å². The third kappa shape index (κ3) is 5.78. The van der Waals surface area contributed by atoms with E-state index in [1.54, 1.807) is 0 Å². The molecule has 10 aromatic carbocycles. The van der Waals surface area contributed by atoms with E-state index in [2.05, 4.69) is 167 Å². The molecule has 0 aliphatic rings. The van der Waals surface area contributed by atoms with Gasteiger partial charge in [0.25, 0.3) is 0 Å². The summed E-state index contributed by atoms with van der Waals surface area (Å²) in [5.41, 5.74) is 15.2. The molecule has 0 aliphatic heterocycles. The first kappa shape index (κ1) is 39.9. The number of hydrogen-bond acceptors (Lipinski definition) is 5. The Kier molecular flexibility index (Phi) is 8.59. The molecule has 0 aliphatic carbocycles. The van der Waals surface area contributed by atoms with Crippen LogP contribution in [0.1, 0.15) is 5.56 Å². The second-order valence-electron chi connectivity index (χ2n) is 18.3. The normalized spacial score (nSPS) is 11.9. The summed E-state index contributed by atoms with van der Waals surface area (Å²) in [4.78, 5) is 10.9. The zero-order valence-corrected chi connectivity index (χ0v) is 38.4. The fraction of sp³-hybridized carbons (Fsp3) is 0. The van der Waals surface area contributed by atoms with E-state index in [1.165, 1.54) is 0 Å². The maximum atomic E-state index is 11.5. The maximum absolute atomic E-state index is 11.5. The van der Waals surface area contributed by atoms with Crippen molar-refractivity contribution >= 4 is 87.5 Å². The van der Waals surface area contributed by atoms with Gasteiger partial charge in [-0.15, -0.1) is 0 Å². The average Bonchev–Trinajstić information content (AvgIpc) is 4.21. The summed E-state index contributed by atoms with van der Waals surface area (Å²) in [6.45, 7) is 0. The predicted molar refractivity (Wildman–Crippen MR) is 292 cm³/mol. The third-order valence-corrected chi connectivity index (χ3v) is 14.4. The van der Waals surface area contributed by atoms with Gasteiger partial charge < -0.3 is 18.0 Å². The van der Waals surface area contributed by atoms with Crippen molar-refractivity contribution in [3.63, 3.8) is 0 Å². The van der Waals surface area contributed by atoms with Gasteiger partial charge >= 0.3 is 0 Å². The number of fused-ring (bicyclic) bond motifs is 14. The van der Waals surface area contributed by atoms with Crippen LogP contribution in [-0.4, -0.2) is 19.1 Å². The molecule has 0 bridgehead atoms. The Morgan fingerprint density at radius 3 is 1.36 bits per heavy atom. The van der Waals surface area contributed by atoms with Crippen molar-refractivity contribution in [3.05, 3.63) is 230 Å². The Labute approximate surface area is 411 Å². The number of para-hydroxylation sites is 4. The van der Waals surface area contributed by atoms with Crippen molar-refractivity contribution in [2.75, 3.05) is 0 Å². The molecule has 0 atom stereocenters. The zero-order chi connectivity index (χ0) is 47.4. The van der Waals surface area contributed by atoms with E-state index in [1.807, 2.05) is 72.8 Å². The molecule has 5 heterocycles. The number of benzene rings is 10. The number of rotatable bonds is 6. The minimum absolute atomic E-state index is 0.500. The first-order valence-corrected chi connectivity index (χ1v) is 24.0. The number of hydrogen-bond donors (Lipinski definition) is 0. The Hall–Kier alpha value is -10.0. The Bertz CT molecular complexity index is 4700. The lowest BCUT2D eigenvalue weighted by atomic mass is 9.91. The zero-order valence-electron chi connectivity index (χ0n) is 38.4. The molecule has 7 heteroatoms. The van der Waals surface area contributed by atoms with Crippen LogP contribution in [0, 0.1) is 11.3 Å². The second kappa shape index (κ2) is 15.5. The Morgan fingerprint density at radius 2 is 0.833 bits per heavy atom. The van der Waals surface area contributed by atoms with Crippen molar-refractivity contribution in [3.8, 4) is 62.5 Å². The highest BCUT2D eigenvalue weighted by Crippen LogP contribution is 2.48. The topological polar surface area (TPSA) is 85.7 Å². The van der Waals surface area contributed by atoms with Crippen molar-refractivity contribution in [1.29, 1.82) is 5.26 Å². The first-order chi connectivity index (χ1) is 35.7. The molecule has 72 heavy (non-hydrogen) atoms. The van der Waals surface area contributed by atoms with Gasteiger partial charge in [-0.2, -0.15) is 5.26 Å². The summed E-state index contributed by atoms with van der Waals surface area (Å²) in [5.74, 6) is 0.525. The molecule has 15 aromatic rings. The molecular weight excluding hydrogens is 883 g/mol. The minimum Gasteiger partial charge on any atom is -0.455 e. The van der Waals surface area contributed by atoms with Gasteiger partial charge in [-0.3, -0.25) is 0 Å². The van der Waals surface area contributed by atoms with Gasteiger partial charge in [0, 0.05) is 60.1 Å². The van der Waals surface area contributed by atoms with E-state index >= 15 is 0 Å². The van der Waals surface area contributed by atoms with Crippen LogP contribution in [0.25, 0.3) is 144 Å². The summed E-state index contributed by atoms with van der Waals surface area (Å²) < 4.78 is 18.2. The van der Waals surface area contributed by atoms with Gasteiger partial charge in [-0.1, -0.05) is 152 Å². The van der Waals surface area contributed by atoms with Crippen LogP contribution in [0.5, 0.6) is 0 Å². The third-order valence-electron chi connectivity index (χ3n) is 14.4. The van der Waals surface area contributed by atoms with E-state index in [0.717, 1.165) is 138 Å². The molecule has 0 amide bonds. The Morgan fingerprint density at radius 1 is 0.375 bits per heavy atom. The lowest BCUT2D eigenvalue weighted by Crippen LogP contribution is -2.06. The van der Waals surface area contributed by atoms with Crippen molar-refractivity contribution in [1.82, 2.24) is 19.1 Å². The highest BCUT2D eigenvalue weighted by atomic mass is 16.3. The fourth-order valence-corrected chi connectivity index (χ4v) is 11.3. The summed E-state index contributed by atoms with van der Waals surface area (Å²) in [7, 11) is 0. The van der Waals surface area contributed by atoms with Gasteiger partial charge in [0.15, 0.2) is 5.82 Å². The van der Waals surface area contributed by atoms with Crippen LogP contribution in [0.2, 0.25) is 0 Å². The molecule has 0 N–H and O–H groups in total. The first-order valence-electron chi connectivity index (χ1n) is 24.0. The van der Waals surface area contributed by atoms with Gasteiger partial charge in [0.2, 0.25) is 0 Å². The Balaban J connectivity index is 1.11. The standard InChI is InChI=1S/C65H37N5O2/c66-38-41-21-15-29-53(69-51-27-11-7-24-46(51)61-55(69)35-33-44-42-22-9-13-31-57(42)71-63(44)61)59(41)60-48(65-67-49(39-17-3-1-4-18-39)37-50(68-65)40-19-5-2-6-20-40)26-16-30-54(60)70-52-28-12-8-25-47(52)62-56(70)36-34-45-43-23-10-14-32-58(43)72-64(45)62/h1-37H. The SMILES string of the molecule is N#Cc1cccc(-n2c3ccccc3c3c4oc5ccccc5c4ccc32)c1-c1c(-c2nc(-c3ccccc3)cc(-c3ccccc3)n2)cccc1-n1c2ccccc2c2c3oc4ccccc4c3ccc21. The van der Waals surface area contributed by atoms with Crippen LogP contribution >= 0.6 is 0 Å². The second-order valence-corrected chi connectivity index (χ2v) is 18.3. The monoisotopic (exact) mass is 919 g/mol. The lowest BCUT2D eigenvalue weighted by molar-refractivity contribution is 0.672. The molecule has 0 spiro atoms. The highest BCUT2D eigenvalue weighted by Gasteiger charge is 2.28. The van der Waals surface area contributed by atoms with Crippen LogP contribution < -0.4 is 0 Å². The molecule has 0 saturated heterocycles.